The first-order valence-electron chi connectivity index (χ1n) is 14.5. The Labute approximate surface area is 243 Å². The Kier molecular flexibility index (Phi) is 9.41. The lowest BCUT2D eigenvalue weighted by molar-refractivity contribution is 0.352. The Morgan fingerprint density at radius 3 is 2.32 bits per heavy atom. The largest absolute Gasteiger partial charge is 0.497 e. The maximum Gasteiger partial charge on any atom is 0.225 e. The van der Waals surface area contributed by atoms with E-state index in [0.717, 1.165) is 85.0 Å². The van der Waals surface area contributed by atoms with Crippen molar-refractivity contribution in [3.63, 3.8) is 0 Å². The van der Waals surface area contributed by atoms with E-state index < -0.39 is 0 Å². The summed E-state index contributed by atoms with van der Waals surface area (Å²) in [6.07, 6.45) is 5.38. The molecule has 0 unspecified atom stereocenters. The van der Waals surface area contributed by atoms with Gasteiger partial charge in [-0.3, -0.25) is 0 Å². The minimum Gasteiger partial charge on any atom is -0.497 e. The minimum absolute atomic E-state index is 0.385. The molecule has 0 aliphatic heterocycles. The maximum absolute atomic E-state index is 5.51. The van der Waals surface area contributed by atoms with Gasteiger partial charge in [0.1, 0.15) is 17.3 Å². The van der Waals surface area contributed by atoms with E-state index in [9.17, 15) is 0 Å². The monoisotopic (exact) mass is 554 g/mol. The van der Waals surface area contributed by atoms with E-state index in [1.807, 2.05) is 44.4 Å². The van der Waals surface area contributed by atoms with Gasteiger partial charge in [-0.05, 0) is 67.5 Å². The van der Waals surface area contributed by atoms with Crippen molar-refractivity contribution in [2.75, 3.05) is 50.4 Å². The zero-order chi connectivity index (χ0) is 28.6. The van der Waals surface area contributed by atoms with Crippen LogP contribution >= 0.6 is 0 Å². The van der Waals surface area contributed by atoms with Crippen molar-refractivity contribution in [1.29, 1.82) is 0 Å². The van der Waals surface area contributed by atoms with Crippen LogP contribution in [0.2, 0.25) is 0 Å². The first-order valence-corrected chi connectivity index (χ1v) is 14.5. The molecule has 3 N–H and O–H groups in total. The Morgan fingerprint density at radius 2 is 1.56 bits per heavy atom. The molecule has 3 aromatic carbocycles. The number of rotatable bonds is 12. The molecule has 1 saturated carbocycles. The number of nitrogens with one attached hydrogen (secondary N) is 3. The van der Waals surface area contributed by atoms with Gasteiger partial charge < -0.3 is 30.3 Å². The highest BCUT2D eigenvalue weighted by Crippen LogP contribution is 2.29. The Bertz CT molecular complexity index is 1430. The second kappa shape index (κ2) is 13.5. The van der Waals surface area contributed by atoms with Crippen molar-refractivity contribution in [3.05, 3.63) is 77.9 Å². The average molecular weight is 555 g/mol. The van der Waals surface area contributed by atoms with Crippen LogP contribution in [-0.4, -0.2) is 56.9 Å². The zero-order valence-corrected chi connectivity index (χ0v) is 24.6. The molecule has 4 aromatic rings. The summed E-state index contributed by atoms with van der Waals surface area (Å²) in [7, 11) is 7.43. The molecule has 1 aromatic heterocycles. The number of para-hydroxylation sites is 1. The Hall–Kier alpha value is -4.04. The number of hydrogen-bond acceptors (Lipinski definition) is 8. The standard InChI is InChI=1S/C33H42N6O2/c1-39(2)32-28-11-7-8-12-29(28)37-33(38-32)36-26-15-13-25(14-16-26)35-22-24-10-6-5-9-23(24)19-20-34-30-21-27(40-3)17-18-31(30)41-4/h5-12,17-18,21,25-26,34-35H,13-16,19-20,22H2,1-4H3,(H,36,37,38). The predicted octanol–water partition coefficient (Wildman–Crippen LogP) is 5.88. The van der Waals surface area contributed by atoms with Crippen LogP contribution in [0, 0.1) is 0 Å². The summed E-state index contributed by atoms with van der Waals surface area (Å²) >= 11 is 0. The van der Waals surface area contributed by atoms with Crippen LogP contribution < -0.4 is 30.3 Å². The molecule has 1 aliphatic carbocycles. The molecule has 0 spiro atoms. The van der Waals surface area contributed by atoms with E-state index in [2.05, 4.69) is 57.2 Å². The highest BCUT2D eigenvalue weighted by atomic mass is 16.5. The van der Waals surface area contributed by atoms with Gasteiger partial charge in [0, 0.05) is 50.7 Å². The van der Waals surface area contributed by atoms with Crippen molar-refractivity contribution in [1.82, 2.24) is 15.3 Å². The molecule has 1 heterocycles. The zero-order valence-electron chi connectivity index (χ0n) is 24.6. The van der Waals surface area contributed by atoms with Crippen molar-refractivity contribution in [2.24, 2.45) is 0 Å². The van der Waals surface area contributed by atoms with Crippen molar-refractivity contribution in [3.8, 4) is 11.5 Å². The van der Waals surface area contributed by atoms with E-state index in [1.165, 1.54) is 11.1 Å². The number of hydrogen-bond donors (Lipinski definition) is 3. The second-order valence-electron chi connectivity index (χ2n) is 10.9. The lowest BCUT2D eigenvalue weighted by atomic mass is 9.91. The number of fused-ring (bicyclic) bond motifs is 1. The molecule has 41 heavy (non-hydrogen) atoms. The van der Waals surface area contributed by atoms with Gasteiger partial charge in [-0.15, -0.1) is 0 Å². The molecule has 0 saturated heterocycles. The summed E-state index contributed by atoms with van der Waals surface area (Å²) < 4.78 is 10.9. The normalized spacial score (nSPS) is 16.8. The van der Waals surface area contributed by atoms with Crippen molar-refractivity contribution in [2.45, 2.75) is 50.7 Å². The van der Waals surface area contributed by atoms with E-state index in [-0.39, 0.29) is 0 Å². The lowest BCUT2D eigenvalue weighted by Gasteiger charge is -2.30. The van der Waals surface area contributed by atoms with Gasteiger partial charge in [0.05, 0.1) is 25.4 Å². The van der Waals surface area contributed by atoms with Gasteiger partial charge in [0.15, 0.2) is 0 Å². The van der Waals surface area contributed by atoms with Crippen LogP contribution in [0.1, 0.15) is 36.8 Å². The van der Waals surface area contributed by atoms with E-state index in [4.69, 9.17) is 19.4 Å². The number of anilines is 3. The number of ether oxygens (including phenoxy) is 2. The molecule has 0 radical (unpaired) electrons. The molecule has 1 fully saturated rings. The molecule has 216 valence electrons. The number of benzene rings is 3. The molecule has 8 heteroatoms. The SMILES string of the molecule is COc1ccc(OC)c(NCCc2ccccc2CNC2CCC(Nc3nc(N(C)C)c4ccccc4n3)CC2)c1. The summed E-state index contributed by atoms with van der Waals surface area (Å²) in [6.45, 7) is 1.69. The quantitative estimate of drug-likeness (QED) is 0.200. The second-order valence-corrected chi connectivity index (χ2v) is 10.9. The molecular weight excluding hydrogens is 512 g/mol. The van der Waals surface area contributed by atoms with Crippen LogP contribution in [-0.2, 0) is 13.0 Å². The number of aromatic nitrogens is 2. The van der Waals surface area contributed by atoms with E-state index in [0.29, 0.717) is 12.1 Å². The highest BCUT2D eigenvalue weighted by Gasteiger charge is 2.22. The third kappa shape index (κ3) is 7.19. The van der Waals surface area contributed by atoms with Gasteiger partial charge >= 0.3 is 0 Å². The highest BCUT2D eigenvalue weighted by molar-refractivity contribution is 5.90. The summed E-state index contributed by atoms with van der Waals surface area (Å²) in [5, 5.41) is 12.0. The molecule has 5 rings (SSSR count). The third-order valence-corrected chi connectivity index (χ3v) is 7.88. The summed E-state index contributed by atoms with van der Waals surface area (Å²) in [5.74, 6) is 3.30. The predicted molar refractivity (Wildman–Crippen MR) is 169 cm³/mol. The molecule has 0 atom stereocenters. The van der Waals surface area contributed by atoms with E-state index in [1.54, 1.807) is 14.2 Å². The molecule has 8 nitrogen and oxygen atoms in total. The minimum atomic E-state index is 0.385. The summed E-state index contributed by atoms with van der Waals surface area (Å²) in [5.41, 5.74) is 4.63. The Balaban J connectivity index is 1.12. The number of methoxy groups -OCH3 is 2. The first kappa shape index (κ1) is 28.5. The molecule has 1 aliphatic rings. The topological polar surface area (TPSA) is 83.6 Å². The van der Waals surface area contributed by atoms with Gasteiger partial charge in [0.2, 0.25) is 5.95 Å². The van der Waals surface area contributed by atoms with Crippen LogP contribution in [0.25, 0.3) is 10.9 Å². The number of nitrogens with zero attached hydrogens (tertiary/aromatic N) is 3. The van der Waals surface area contributed by atoms with Crippen LogP contribution in [0.15, 0.2) is 66.7 Å². The molecule has 0 bridgehead atoms. The third-order valence-electron chi connectivity index (χ3n) is 7.88. The van der Waals surface area contributed by atoms with Crippen molar-refractivity contribution < 1.29 is 9.47 Å². The summed E-state index contributed by atoms with van der Waals surface area (Å²) in [4.78, 5) is 11.7. The van der Waals surface area contributed by atoms with Crippen LogP contribution in [0.3, 0.4) is 0 Å². The van der Waals surface area contributed by atoms with Gasteiger partial charge in [0.25, 0.3) is 0 Å². The van der Waals surface area contributed by atoms with Crippen LogP contribution in [0.5, 0.6) is 11.5 Å². The average Bonchev–Trinajstić information content (AvgIpc) is 3.00. The smallest absolute Gasteiger partial charge is 0.225 e. The van der Waals surface area contributed by atoms with Crippen LogP contribution in [0.4, 0.5) is 17.5 Å². The lowest BCUT2D eigenvalue weighted by Crippen LogP contribution is -2.37. The van der Waals surface area contributed by atoms with Gasteiger partial charge in [-0.25, -0.2) is 4.98 Å². The first-order chi connectivity index (χ1) is 20.0. The van der Waals surface area contributed by atoms with Gasteiger partial charge in [-0.1, -0.05) is 36.4 Å². The fourth-order valence-corrected chi connectivity index (χ4v) is 5.60. The summed E-state index contributed by atoms with van der Waals surface area (Å²) in [6, 6.07) is 23.6. The molecular formula is C33H42N6O2. The maximum atomic E-state index is 5.51. The Morgan fingerprint density at radius 1 is 0.829 bits per heavy atom. The van der Waals surface area contributed by atoms with Crippen molar-refractivity contribution >= 4 is 28.4 Å². The van der Waals surface area contributed by atoms with Gasteiger partial charge in [-0.2, -0.15) is 4.98 Å². The molecule has 0 amide bonds. The fraction of sp³-hybridized carbons (Fsp3) is 0.394. The fourth-order valence-electron chi connectivity index (χ4n) is 5.60. The van der Waals surface area contributed by atoms with E-state index >= 15 is 0 Å².